The molecule has 2 rings (SSSR count). The van der Waals surface area contributed by atoms with Gasteiger partial charge in [0.2, 0.25) is 0 Å². The van der Waals surface area contributed by atoms with Gasteiger partial charge in [-0.15, -0.1) is 0 Å². The minimum Gasteiger partial charge on any atom is -0.329 e. The summed E-state index contributed by atoms with van der Waals surface area (Å²) < 4.78 is 0. The van der Waals surface area contributed by atoms with E-state index in [0.29, 0.717) is 11.5 Å². The molecule has 2 unspecified atom stereocenters. The van der Waals surface area contributed by atoms with E-state index in [4.69, 9.17) is 5.73 Å². The molecule has 0 bridgehead atoms. The maximum absolute atomic E-state index is 6.24. The maximum Gasteiger partial charge on any atom is 0.0358 e. The van der Waals surface area contributed by atoms with Crippen molar-refractivity contribution in [3.63, 3.8) is 0 Å². The van der Waals surface area contributed by atoms with Crippen LogP contribution < -0.4 is 5.73 Å². The molecule has 2 aliphatic rings. The predicted octanol–water partition coefficient (Wildman–Crippen LogP) is 2.31. The molecule has 0 spiro atoms. The second-order valence-corrected chi connectivity index (χ2v) is 7.72. The molecule has 2 heterocycles. The van der Waals surface area contributed by atoms with E-state index in [1.807, 2.05) is 0 Å². The summed E-state index contributed by atoms with van der Waals surface area (Å²) in [4.78, 5) is 5.22. The zero-order chi connectivity index (χ0) is 14.1. The highest BCUT2D eigenvalue weighted by molar-refractivity contribution is 4.99. The average molecular weight is 267 g/mol. The largest absolute Gasteiger partial charge is 0.329 e. The van der Waals surface area contributed by atoms with Gasteiger partial charge in [-0.05, 0) is 71.1 Å². The number of piperidine rings is 1. The van der Waals surface area contributed by atoms with Crippen LogP contribution in [0, 0.1) is 5.41 Å². The number of rotatable bonds is 2. The highest BCUT2D eigenvalue weighted by atomic mass is 15.2. The fraction of sp³-hybridized carbons (Fsp3) is 1.00. The lowest BCUT2D eigenvalue weighted by Gasteiger charge is -2.50. The third-order valence-corrected chi connectivity index (χ3v) is 5.75. The van der Waals surface area contributed by atoms with Crippen LogP contribution in [0.1, 0.15) is 52.9 Å². The van der Waals surface area contributed by atoms with Gasteiger partial charge in [0.25, 0.3) is 0 Å². The van der Waals surface area contributed by atoms with Gasteiger partial charge in [-0.1, -0.05) is 13.8 Å². The quantitative estimate of drug-likeness (QED) is 0.833. The fourth-order valence-corrected chi connectivity index (χ4v) is 3.91. The van der Waals surface area contributed by atoms with Crippen molar-refractivity contribution in [3.8, 4) is 0 Å². The molecule has 2 saturated heterocycles. The molecule has 0 amide bonds. The van der Waals surface area contributed by atoms with Crippen LogP contribution in [0.4, 0.5) is 0 Å². The van der Waals surface area contributed by atoms with Crippen LogP contribution in [-0.2, 0) is 0 Å². The first kappa shape index (κ1) is 15.3. The average Bonchev–Trinajstić information content (AvgIpc) is 2.54. The van der Waals surface area contributed by atoms with E-state index >= 15 is 0 Å². The second kappa shape index (κ2) is 5.71. The van der Waals surface area contributed by atoms with Gasteiger partial charge in [-0.2, -0.15) is 0 Å². The number of nitrogens with two attached hydrogens (primary N) is 1. The van der Waals surface area contributed by atoms with Crippen LogP contribution in [0.3, 0.4) is 0 Å². The van der Waals surface area contributed by atoms with E-state index in [1.165, 1.54) is 51.7 Å². The Morgan fingerprint density at radius 3 is 2.47 bits per heavy atom. The minimum absolute atomic E-state index is 0.270. The van der Waals surface area contributed by atoms with Crippen LogP contribution in [-0.4, -0.2) is 54.6 Å². The summed E-state index contributed by atoms with van der Waals surface area (Å²) in [5.41, 5.74) is 7.02. The highest BCUT2D eigenvalue weighted by Gasteiger charge is 2.41. The second-order valence-electron chi connectivity index (χ2n) is 7.72. The number of nitrogens with zero attached hydrogens (tertiary/aromatic N) is 2. The van der Waals surface area contributed by atoms with E-state index in [-0.39, 0.29) is 5.54 Å². The first-order valence-electron chi connectivity index (χ1n) is 8.04. The molecule has 0 aromatic heterocycles. The summed E-state index contributed by atoms with van der Waals surface area (Å²) in [7, 11) is 2.25. The third kappa shape index (κ3) is 3.32. The molecule has 2 fully saturated rings. The Kier molecular flexibility index (Phi) is 4.59. The summed E-state index contributed by atoms with van der Waals surface area (Å²) in [6, 6.07) is 0.661. The van der Waals surface area contributed by atoms with Gasteiger partial charge in [0.1, 0.15) is 0 Å². The Hall–Kier alpha value is -0.120. The van der Waals surface area contributed by atoms with Crippen molar-refractivity contribution in [2.75, 3.05) is 33.2 Å². The first-order valence-corrected chi connectivity index (χ1v) is 8.04. The summed E-state index contributed by atoms with van der Waals surface area (Å²) in [5, 5.41) is 0. The lowest BCUT2D eigenvalue weighted by molar-refractivity contribution is 0.0109. The molecule has 2 atom stereocenters. The molecule has 2 aliphatic heterocycles. The fourth-order valence-electron chi connectivity index (χ4n) is 3.91. The normalized spacial score (nSPS) is 38.1. The molecule has 19 heavy (non-hydrogen) atoms. The lowest BCUT2D eigenvalue weighted by Crippen LogP contribution is -2.61. The predicted molar refractivity (Wildman–Crippen MR) is 82.3 cm³/mol. The van der Waals surface area contributed by atoms with Crippen molar-refractivity contribution in [2.45, 2.75) is 64.5 Å². The summed E-state index contributed by atoms with van der Waals surface area (Å²) >= 11 is 0. The SMILES string of the molecule is CC1CC(CN)(N2CCCC(C)(C)CC2)CCN1C. The van der Waals surface area contributed by atoms with E-state index in [1.54, 1.807) is 0 Å². The van der Waals surface area contributed by atoms with Gasteiger partial charge in [0, 0.05) is 18.1 Å². The summed E-state index contributed by atoms with van der Waals surface area (Å²) in [5.74, 6) is 0. The van der Waals surface area contributed by atoms with Crippen LogP contribution in [0.2, 0.25) is 0 Å². The van der Waals surface area contributed by atoms with E-state index in [2.05, 4.69) is 37.6 Å². The zero-order valence-corrected chi connectivity index (χ0v) is 13.4. The molecule has 0 aromatic carbocycles. The molecule has 0 radical (unpaired) electrons. The topological polar surface area (TPSA) is 32.5 Å². The van der Waals surface area contributed by atoms with Crippen LogP contribution >= 0.6 is 0 Å². The van der Waals surface area contributed by atoms with Crippen LogP contribution in [0.25, 0.3) is 0 Å². The van der Waals surface area contributed by atoms with Crippen molar-refractivity contribution < 1.29 is 0 Å². The minimum atomic E-state index is 0.270. The number of hydrogen-bond acceptors (Lipinski definition) is 3. The molecule has 0 saturated carbocycles. The van der Waals surface area contributed by atoms with Gasteiger partial charge in [0.05, 0.1) is 0 Å². The Bertz CT molecular complexity index is 302. The monoisotopic (exact) mass is 267 g/mol. The Labute approximate surface area is 119 Å². The molecule has 3 heteroatoms. The van der Waals surface area contributed by atoms with Crippen LogP contribution in [0.5, 0.6) is 0 Å². The molecule has 112 valence electrons. The van der Waals surface area contributed by atoms with Crippen molar-refractivity contribution in [2.24, 2.45) is 11.1 Å². The van der Waals surface area contributed by atoms with Crippen molar-refractivity contribution in [3.05, 3.63) is 0 Å². The van der Waals surface area contributed by atoms with E-state index in [0.717, 1.165) is 6.54 Å². The van der Waals surface area contributed by atoms with E-state index < -0.39 is 0 Å². The molecular formula is C16H33N3. The van der Waals surface area contributed by atoms with Crippen molar-refractivity contribution in [1.82, 2.24) is 9.80 Å². The maximum atomic E-state index is 6.24. The summed E-state index contributed by atoms with van der Waals surface area (Å²) in [6.07, 6.45) is 6.49. The first-order chi connectivity index (χ1) is 8.88. The smallest absolute Gasteiger partial charge is 0.0358 e. The van der Waals surface area contributed by atoms with Gasteiger partial charge < -0.3 is 10.6 Å². The van der Waals surface area contributed by atoms with Crippen LogP contribution in [0.15, 0.2) is 0 Å². The molecule has 3 nitrogen and oxygen atoms in total. The summed E-state index contributed by atoms with van der Waals surface area (Å²) in [6.45, 7) is 11.7. The Morgan fingerprint density at radius 1 is 1.11 bits per heavy atom. The zero-order valence-electron chi connectivity index (χ0n) is 13.4. The van der Waals surface area contributed by atoms with Gasteiger partial charge in [-0.3, -0.25) is 4.90 Å². The standard InChI is InChI=1S/C16H33N3/c1-14-12-16(13-17,8-10-18(14)4)19-9-5-6-15(2,3)7-11-19/h14H,5-13,17H2,1-4H3. The van der Waals surface area contributed by atoms with E-state index in [9.17, 15) is 0 Å². The van der Waals surface area contributed by atoms with Gasteiger partial charge >= 0.3 is 0 Å². The Balaban J connectivity index is 2.08. The molecule has 2 N–H and O–H groups in total. The van der Waals surface area contributed by atoms with Gasteiger partial charge in [-0.25, -0.2) is 0 Å². The number of hydrogen-bond donors (Lipinski definition) is 1. The lowest BCUT2D eigenvalue weighted by atomic mass is 9.81. The molecule has 0 aliphatic carbocycles. The van der Waals surface area contributed by atoms with Crippen molar-refractivity contribution >= 4 is 0 Å². The van der Waals surface area contributed by atoms with Crippen molar-refractivity contribution in [1.29, 1.82) is 0 Å². The molecular weight excluding hydrogens is 234 g/mol. The third-order valence-electron chi connectivity index (χ3n) is 5.75. The Morgan fingerprint density at radius 2 is 1.84 bits per heavy atom. The van der Waals surface area contributed by atoms with Gasteiger partial charge in [0.15, 0.2) is 0 Å². The molecule has 0 aromatic rings. The number of likely N-dealkylation sites (tertiary alicyclic amines) is 2. The highest BCUT2D eigenvalue weighted by Crippen LogP contribution is 2.36.